The lowest BCUT2D eigenvalue weighted by Crippen LogP contribution is -2.55. The van der Waals surface area contributed by atoms with Crippen LogP contribution in [-0.4, -0.2) is 87.5 Å². The largest absolute Gasteiger partial charge is 0.422 e. The van der Waals surface area contributed by atoms with Gasteiger partial charge in [-0.05, 0) is 63.0 Å². The Hall–Kier alpha value is -3.25. The molecule has 0 radical (unpaired) electrons. The van der Waals surface area contributed by atoms with Gasteiger partial charge >= 0.3 is 6.09 Å². The second-order valence-corrected chi connectivity index (χ2v) is 13.9. The van der Waals surface area contributed by atoms with Crippen LogP contribution < -0.4 is 4.31 Å². The van der Waals surface area contributed by atoms with Crippen LogP contribution in [0, 0.1) is 6.92 Å². The molecule has 11 heteroatoms. The number of rotatable bonds is 5. The van der Waals surface area contributed by atoms with Gasteiger partial charge in [-0.15, -0.1) is 11.3 Å². The second-order valence-electron chi connectivity index (χ2n) is 10.9. The van der Waals surface area contributed by atoms with E-state index in [9.17, 15) is 18.0 Å². The number of ether oxygens (including phenoxy) is 1. The number of carbonyl (C=O) groups excluding carboxylic acids is 2. The summed E-state index contributed by atoms with van der Waals surface area (Å²) in [5, 5.41) is 1.65. The van der Waals surface area contributed by atoms with E-state index in [1.54, 1.807) is 52.7 Å². The molecule has 0 aliphatic carbocycles. The molecule has 2 aromatic carbocycles. The molecule has 3 aromatic rings. The van der Waals surface area contributed by atoms with Crippen molar-refractivity contribution in [1.29, 1.82) is 0 Å². The second kappa shape index (κ2) is 10.9. The fraction of sp³-hybridized carbons (Fsp3) is 0.400. The predicted molar refractivity (Wildman–Crippen MR) is 158 cm³/mol. The van der Waals surface area contributed by atoms with Gasteiger partial charge in [0.2, 0.25) is 5.60 Å². The Morgan fingerprint density at radius 2 is 1.56 bits per heavy atom. The van der Waals surface area contributed by atoms with Crippen LogP contribution in [0.15, 0.2) is 70.3 Å². The van der Waals surface area contributed by atoms with Crippen LogP contribution in [0.5, 0.6) is 0 Å². The lowest BCUT2D eigenvalue weighted by molar-refractivity contribution is -0.132. The Morgan fingerprint density at radius 1 is 0.902 bits per heavy atom. The summed E-state index contributed by atoms with van der Waals surface area (Å²) in [6.45, 7) is 6.37. The average Bonchev–Trinajstić information content (AvgIpc) is 3.61. The van der Waals surface area contributed by atoms with Gasteiger partial charge in [-0.3, -0.25) is 9.69 Å². The lowest BCUT2D eigenvalue weighted by Gasteiger charge is -2.42. The van der Waals surface area contributed by atoms with Crippen molar-refractivity contribution in [3.05, 3.63) is 82.7 Å². The van der Waals surface area contributed by atoms with E-state index in [-0.39, 0.29) is 9.90 Å². The molecular formula is C30H34N4O5S2. The van der Waals surface area contributed by atoms with Gasteiger partial charge in [0.1, 0.15) is 4.21 Å². The molecule has 216 valence electrons. The predicted octanol–water partition coefficient (Wildman–Crippen LogP) is 3.88. The summed E-state index contributed by atoms with van der Waals surface area (Å²) in [6, 6.07) is 17.4. The SMILES string of the molecule is Cc1ccccc1C1(OC(=O)N2CCN(C3CCN(C)CC3)CC2)C(=O)N(S(=O)(=O)c2cccs2)c2ccccc21. The fourth-order valence-electron chi connectivity index (χ4n) is 6.26. The highest BCUT2D eigenvalue weighted by molar-refractivity contribution is 7.95. The van der Waals surface area contributed by atoms with Gasteiger partial charge in [-0.2, -0.15) is 12.7 Å². The van der Waals surface area contributed by atoms with Crippen LogP contribution in [-0.2, 0) is 25.2 Å². The van der Waals surface area contributed by atoms with Gasteiger partial charge in [0, 0.05) is 43.3 Å². The number of carbonyl (C=O) groups is 2. The summed E-state index contributed by atoms with van der Waals surface area (Å²) in [4.78, 5) is 34.8. The van der Waals surface area contributed by atoms with Crippen molar-refractivity contribution in [2.24, 2.45) is 0 Å². The number of likely N-dealkylation sites (tertiary alicyclic amines) is 1. The standard InChI is InChI=1S/C30H34N4O5S2/c1-22-8-3-4-9-24(22)30(39-29(36)33-19-17-32(18-20-33)23-13-15-31(2)16-14-23)25-10-5-6-11-26(25)34(28(30)35)41(37,38)27-12-7-21-40-27/h3-12,21,23H,13-20H2,1-2H3. The van der Waals surface area contributed by atoms with E-state index < -0.39 is 27.6 Å². The normalized spacial score (nSPS) is 22.6. The molecule has 1 aromatic heterocycles. The van der Waals surface area contributed by atoms with Gasteiger partial charge in [0.05, 0.1) is 5.69 Å². The number of anilines is 1. The molecule has 0 N–H and O–H groups in total. The van der Waals surface area contributed by atoms with Crippen LogP contribution in [0.3, 0.4) is 0 Å². The van der Waals surface area contributed by atoms with Crippen LogP contribution in [0.1, 0.15) is 29.5 Å². The van der Waals surface area contributed by atoms with Crippen molar-refractivity contribution < 1.29 is 22.7 Å². The highest BCUT2D eigenvalue weighted by Gasteiger charge is 2.60. The maximum absolute atomic E-state index is 14.5. The number of hydrogen-bond donors (Lipinski definition) is 0. The molecule has 2 saturated heterocycles. The zero-order valence-corrected chi connectivity index (χ0v) is 24.9. The molecule has 2 amide bonds. The average molecular weight is 595 g/mol. The van der Waals surface area contributed by atoms with Gasteiger partial charge in [-0.1, -0.05) is 48.5 Å². The van der Waals surface area contributed by atoms with Crippen molar-refractivity contribution >= 4 is 39.0 Å². The third-order valence-electron chi connectivity index (χ3n) is 8.52. The number of piperazine rings is 1. The number of thiophene rings is 1. The summed E-state index contributed by atoms with van der Waals surface area (Å²) < 4.78 is 34.8. The molecule has 6 rings (SSSR count). The first-order valence-electron chi connectivity index (χ1n) is 13.9. The molecule has 4 heterocycles. The topological polar surface area (TPSA) is 90.5 Å². The summed E-state index contributed by atoms with van der Waals surface area (Å²) in [5.41, 5.74) is -0.272. The highest BCUT2D eigenvalue weighted by atomic mass is 32.2. The molecule has 0 spiro atoms. The van der Waals surface area contributed by atoms with Crippen molar-refractivity contribution in [1.82, 2.24) is 14.7 Å². The first-order chi connectivity index (χ1) is 19.7. The zero-order valence-electron chi connectivity index (χ0n) is 23.2. The molecule has 9 nitrogen and oxygen atoms in total. The lowest BCUT2D eigenvalue weighted by atomic mass is 9.84. The monoisotopic (exact) mass is 594 g/mol. The first kappa shape index (κ1) is 27.9. The number of nitrogens with zero attached hydrogens (tertiary/aromatic N) is 4. The van der Waals surface area contributed by atoms with Crippen LogP contribution >= 0.6 is 11.3 Å². The Bertz CT molecular complexity index is 1540. The van der Waals surface area contributed by atoms with Crippen molar-refractivity contribution in [2.75, 3.05) is 50.6 Å². The number of sulfonamides is 1. The number of amides is 2. The maximum Gasteiger partial charge on any atom is 0.411 e. The summed E-state index contributed by atoms with van der Waals surface area (Å²) in [7, 11) is -2.10. The maximum atomic E-state index is 14.5. The summed E-state index contributed by atoms with van der Waals surface area (Å²) in [6.07, 6.45) is 1.59. The van der Waals surface area contributed by atoms with E-state index in [1.807, 2.05) is 19.1 Å². The third kappa shape index (κ3) is 4.74. The number of fused-ring (bicyclic) bond motifs is 1. The van der Waals surface area contributed by atoms with E-state index in [1.165, 1.54) is 6.07 Å². The Labute approximate surface area is 245 Å². The third-order valence-corrected chi connectivity index (χ3v) is 11.6. The van der Waals surface area contributed by atoms with E-state index in [0.717, 1.165) is 54.7 Å². The molecule has 1 unspecified atom stereocenters. The van der Waals surface area contributed by atoms with Gasteiger partial charge in [0.15, 0.2) is 0 Å². The van der Waals surface area contributed by atoms with Crippen molar-refractivity contribution in [3.63, 3.8) is 0 Å². The first-order valence-corrected chi connectivity index (χ1v) is 16.2. The number of benzene rings is 2. The Balaban J connectivity index is 1.35. The smallest absolute Gasteiger partial charge is 0.411 e. The number of aryl methyl sites for hydroxylation is 1. The summed E-state index contributed by atoms with van der Waals surface area (Å²) in [5.74, 6) is -0.820. The van der Waals surface area contributed by atoms with E-state index in [0.29, 0.717) is 35.8 Å². The minimum absolute atomic E-state index is 0.0394. The van der Waals surface area contributed by atoms with Crippen molar-refractivity contribution in [3.8, 4) is 0 Å². The van der Waals surface area contributed by atoms with Crippen molar-refractivity contribution in [2.45, 2.75) is 35.6 Å². The zero-order chi connectivity index (χ0) is 28.8. The quantitative estimate of drug-likeness (QED) is 0.443. The molecule has 41 heavy (non-hydrogen) atoms. The number of para-hydroxylation sites is 1. The molecule has 1 atom stereocenters. The van der Waals surface area contributed by atoms with E-state index in [4.69, 9.17) is 4.74 Å². The van der Waals surface area contributed by atoms with E-state index >= 15 is 0 Å². The molecule has 0 saturated carbocycles. The molecular weight excluding hydrogens is 560 g/mol. The summed E-state index contributed by atoms with van der Waals surface area (Å²) >= 11 is 1.04. The van der Waals surface area contributed by atoms with E-state index in [2.05, 4.69) is 16.8 Å². The molecule has 3 aliphatic heterocycles. The molecule has 0 bridgehead atoms. The van der Waals surface area contributed by atoms with Crippen LogP contribution in [0.25, 0.3) is 0 Å². The van der Waals surface area contributed by atoms with Gasteiger partial charge < -0.3 is 14.5 Å². The van der Waals surface area contributed by atoms with Crippen LogP contribution in [0.4, 0.5) is 10.5 Å². The number of piperidine rings is 1. The van der Waals surface area contributed by atoms with Crippen LogP contribution in [0.2, 0.25) is 0 Å². The van der Waals surface area contributed by atoms with Gasteiger partial charge in [0.25, 0.3) is 15.9 Å². The minimum Gasteiger partial charge on any atom is -0.422 e. The fourth-order valence-corrected chi connectivity index (χ4v) is 8.78. The minimum atomic E-state index is -4.25. The highest BCUT2D eigenvalue weighted by Crippen LogP contribution is 2.50. The number of hydrogen-bond acceptors (Lipinski definition) is 8. The Morgan fingerprint density at radius 3 is 2.22 bits per heavy atom. The van der Waals surface area contributed by atoms with Gasteiger partial charge in [-0.25, -0.2) is 4.79 Å². The Kier molecular flexibility index (Phi) is 7.39. The molecule has 2 fully saturated rings. The molecule has 3 aliphatic rings.